The molecule has 2 nitrogen and oxygen atoms in total. The van der Waals surface area contributed by atoms with Gasteiger partial charge in [0.2, 0.25) is 0 Å². The van der Waals surface area contributed by atoms with Crippen molar-refractivity contribution in [3.8, 4) is 0 Å². The summed E-state index contributed by atoms with van der Waals surface area (Å²) in [4.78, 5) is 28.3. The first-order chi connectivity index (χ1) is 25.5. The molecule has 0 saturated carbocycles. The third-order valence-electron chi connectivity index (χ3n) is 8.61. The van der Waals surface area contributed by atoms with E-state index in [1.807, 2.05) is 72.8 Å². The van der Waals surface area contributed by atoms with Crippen LogP contribution in [0.3, 0.4) is 0 Å². The van der Waals surface area contributed by atoms with E-state index in [1.54, 1.807) is 35.2 Å². The molecule has 2 aromatic heterocycles. The summed E-state index contributed by atoms with van der Waals surface area (Å²) in [5.41, 5.74) is 2.69. The van der Waals surface area contributed by atoms with E-state index in [9.17, 15) is 9.59 Å². The van der Waals surface area contributed by atoms with Crippen molar-refractivity contribution < 1.29 is 0 Å². The van der Waals surface area contributed by atoms with Crippen LogP contribution in [0.25, 0.3) is 40.3 Å². The van der Waals surface area contributed by atoms with Gasteiger partial charge >= 0.3 is 0 Å². The molecule has 2 heterocycles. The van der Waals surface area contributed by atoms with E-state index in [0.29, 0.717) is 37.7 Å². The molecule has 0 radical (unpaired) electrons. The van der Waals surface area contributed by atoms with Crippen molar-refractivity contribution in [2.45, 2.75) is 54.2 Å². The summed E-state index contributed by atoms with van der Waals surface area (Å²) in [6.07, 6.45) is 0. The molecule has 8 rings (SSSR count). The van der Waals surface area contributed by atoms with Crippen LogP contribution in [0.4, 0.5) is 0 Å². The van der Waals surface area contributed by atoms with Crippen LogP contribution >= 0.6 is 81.9 Å². The minimum atomic E-state index is 0.00733. The van der Waals surface area contributed by atoms with Crippen molar-refractivity contribution >= 4 is 122 Å². The van der Waals surface area contributed by atoms with Gasteiger partial charge in [0.25, 0.3) is 0 Å². The van der Waals surface area contributed by atoms with E-state index < -0.39 is 0 Å². The Kier molecular flexibility index (Phi) is 12.9. The van der Waals surface area contributed by atoms with Crippen molar-refractivity contribution in [3.63, 3.8) is 0 Å². The van der Waals surface area contributed by atoms with Gasteiger partial charge in [-0.3, -0.25) is 9.59 Å². The van der Waals surface area contributed by atoms with Gasteiger partial charge < -0.3 is 0 Å². The van der Waals surface area contributed by atoms with Crippen LogP contribution in [0.1, 0.15) is 50.7 Å². The van der Waals surface area contributed by atoms with Gasteiger partial charge in [-0.05, 0) is 83.6 Å². The number of rotatable bonds is 4. The molecule has 53 heavy (non-hydrogen) atoms. The molecule has 0 saturated heterocycles. The normalized spacial score (nSPS) is 11.2. The van der Waals surface area contributed by atoms with Gasteiger partial charge in [-0.2, -0.15) is 0 Å². The standard InChI is InChI=1S/C22H17ClOS2.C13H6Cl2OS.C9H12S/c1-13(2)14-7-3-5-9-17(14)25-19-12-11-16-21(24)15-8-4-6-10-18(15)26-22(16)20(19)23;14-9-6-5-8-12(16)7-3-1-2-4-10(7)17-13(8)11(9)15;1-7(2)8-5-3-4-6-9(8)10/h3-13H,1-2H3;1-6H;3-7,10H,1-2H3. The maximum absolute atomic E-state index is 12.8. The van der Waals surface area contributed by atoms with Gasteiger partial charge in [0.1, 0.15) is 0 Å². The number of halogens is 3. The second-order valence-electron chi connectivity index (χ2n) is 12.9. The zero-order chi connectivity index (χ0) is 37.8. The summed E-state index contributed by atoms with van der Waals surface area (Å²) in [7, 11) is 0. The van der Waals surface area contributed by atoms with Crippen molar-refractivity contribution in [1.82, 2.24) is 0 Å². The second kappa shape index (κ2) is 17.4. The Morgan fingerprint density at radius 2 is 0.981 bits per heavy atom. The SMILES string of the molecule is CC(C)c1ccccc1S.CC(C)c1ccccc1Sc1ccc2c(=O)c3ccccc3sc2c1Cl.O=c1c2ccccc2sc2c(Cl)c(Cl)ccc12. The molecule has 0 atom stereocenters. The fourth-order valence-electron chi connectivity index (χ4n) is 5.85. The molecule has 8 aromatic rings. The Balaban J connectivity index is 0.000000152. The summed E-state index contributed by atoms with van der Waals surface area (Å²) in [5.74, 6) is 1.02. The van der Waals surface area contributed by atoms with Gasteiger partial charge in [-0.15, -0.1) is 35.3 Å². The first kappa shape index (κ1) is 39.4. The molecule has 9 heteroatoms. The Bertz CT molecular complexity index is 2720. The predicted octanol–water partition coefficient (Wildman–Crippen LogP) is 15.2. The maximum Gasteiger partial charge on any atom is 0.195 e. The lowest BCUT2D eigenvalue weighted by molar-refractivity contribution is 0.842. The van der Waals surface area contributed by atoms with Crippen LogP contribution < -0.4 is 10.9 Å². The molecular weight excluding hydrogens is 795 g/mol. The minimum Gasteiger partial charge on any atom is -0.289 e. The average Bonchev–Trinajstić information content (AvgIpc) is 3.16. The van der Waals surface area contributed by atoms with Crippen molar-refractivity contribution in [2.24, 2.45) is 0 Å². The van der Waals surface area contributed by atoms with Crippen molar-refractivity contribution in [3.05, 3.63) is 168 Å². The highest BCUT2D eigenvalue weighted by Crippen LogP contribution is 2.42. The quantitative estimate of drug-likeness (QED) is 0.142. The van der Waals surface area contributed by atoms with E-state index in [-0.39, 0.29) is 10.9 Å². The second-order valence-corrected chi connectivity index (χ2v) is 17.7. The maximum atomic E-state index is 12.8. The number of hydrogen-bond donors (Lipinski definition) is 1. The topological polar surface area (TPSA) is 34.1 Å². The molecule has 0 aliphatic heterocycles. The lowest BCUT2D eigenvalue weighted by Crippen LogP contribution is -2.01. The molecule has 0 N–H and O–H groups in total. The highest BCUT2D eigenvalue weighted by Gasteiger charge is 2.15. The van der Waals surface area contributed by atoms with Crippen LogP contribution in [-0.2, 0) is 0 Å². The molecule has 6 aromatic carbocycles. The van der Waals surface area contributed by atoms with Gasteiger partial charge in [-0.25, -0.2) is 0 Å². The summed E-state index contributed by atoms with van der Waals surface area (Å²) >= 11 is 27.9. The monoisotopic (exact) mass is 828 g/mol. The third kappa shape index (κ3) is 8.66. The molecule has 0 fully saturated rings. The first-order valence-corrected chi connectivity index (χ1v) is 21.0. The van der Waals surface area contributed by atoms with Gasteiger partial charge in [0, 0.05) is 45.6 Å². The van der Waals surface area contributed by atoms with Crippen LogP contribution in [0.15, 0.2) is 146 Å². The summed E-state index contributed by atoms with van der Waals surface area (Å²) in [6, 6.07) is 39.1. The average molecular weight is 830 g/mol. The highest BCUT2D eigenvalue weighted by molar-refractivity contribution is 7.99. The summed E-state index contributed by atoms with van der Waals surface area (Å²) in [6.45, 7) is 8.74. The first-order valence-electron chi connectivity index (χ1n) is 16.9. The Morgan fingerprint density at radius 3 is 1.53 bits per heavy atom. The largest absolute Gasteiger partial charge is 0.289 e. The van der Waals surface area contributed by atoms with Crippen molar-refractivity contribution in [1.29, 1.82) is 0 Å². The lowest BCUT2D eigenvalue weighted by atomic mass is 10.0. The van der Waals surface area contributed by atoms with Crippen LogP contribution in [0, 0.1) is 0 Å². The van der Waals surface area contributed by atoms with E-state index >= 15 is 0 Å². The number of thiol groups is 1. The zero-order valence-electron chi connectivity index (χ0n) is 29.3. The van der Waals surface area contributed by atoms with Crippen LogP contribution in [0.2, 0.25) is 15.1 Å². The third-order valence-corrected chi connectivity index (χ3v) is 14.1. The Hall–Kier alpha value is -3.33. The van der Waals surface area contributed by atoms with Crippen LogP contribution in [-0.4, -0.2) is 0 Å². The Morgan fingerprint density at radius 1 is 0.509 bits per heavy atom. The predicted molar refractivity (Wildman–Crippen MR) is 239 cm³/mol. The number of benzene rings is 6. The summed E-state index contributed by atoms with van der Waals surface area (Å²) < 4.78 is 3.51. The fraction of sp³-hybridized carbons (Fsp3) is 0.136. The summed E-state index contributed by atoms with van der Waals surface area (Å²) in [5, 5.41) is 4.40. The van der Waals surface area contributed by atoms with Crippen molar-refractivity contribution in [2.75, 3.05) is 0 Å². The molecule has 0 unspecified atom stereocenters. The zero-order valence-corrected chi connectivity index (χ0v) is 34.9. The smallest absolute Gasteiger partial charge is 0.195 e. The highest BCUT2D eigenvalue weighted by atomic mass is 35.5. The van der Waals surface area contributed by atoms with E-state index in [4.69, 9.17) is 34.8 Å². The number of hydrogen-bond acceptors (Lipinski definition) is 6. The Labute approximate surface area is 341 Å². The van der Waals surface area contributed by atoms with E-state index in [2.05, 4.69) is 76.7 Å². The molecule has 0 aliphatic rings. The van der Waals surface area contributed by atoms with Gasteiger partial charge in [-0.1, -0.05) is 135 Å². The van der Waals surface area contributed by atoms with E-state index in [0.717, 1.165) is 39.4 Å². The molecule has 0 aliphatic carbocycles. The van der Waals surface area contributed by atoms with Crippen LogP contribution in [0.5, 0.6) is 0 Å². The van der Waals surface area contributed by atoms with Gasteiger partial charge in [0.05, 0.1) is 24.5 Å². The molecule has 268 valence electrons. The fourth-order valence-corrected chi connectivity index (χ4v) is 10.6. The molecule has 0 bridgehead atoms. The molecule has 0 spiro atoms. The minimum absolute atomic E-state index is 0.00733. The number of fused-ring (bicyclic) bond motifs is 4. The molecular formula is C44H35Cl3O2S4. The van der Waals surface area contributed by atoms with E-state index in [1.165, 1.54) is 27.4 Å². The molecule has 0 amide bonds. The van der Waals surface area contributed by atoms with Gasteiger partial charge in [0.15, 0.2) is 10.9 Å². The lowest BCUT2D eigenvalue weighted by Gasteiger charge is -2.13.